The number of nitrogens with zero attached hydrogens (tertiary/aromatic N) is 1. The monoisotopic (exact) mass is 286 g/mol. The fraction of sp³-hybridized carbons (Fsp3) is 0.200. The zero-order valence-electron chi connectivity index (χ0n) is 11.5. The molecule has 0 saturated carbocycles. The van der Waals surface area contributed by atoms with E-state index in [1.54, 1.807) is 30.5 Å². The van der Waals surface area contributed by atoms with Crippen LogP contribution in [0.25, 0.3) is 0 Å². The second kappa shape index (κ2) is 5.32. The highest BCUT2D eigenvalue weighted by atomic mass is 16.7. The van der Waals surface area contributed by atoms with Crippen molar-refractivity contribution in [3.8, 4) is 11.5 Å². The molecule has 1 aliphatic heterocycles. The van der Waals surface area contributed by atoms with Crippen molar-refractivity contribution in [3.05, 3.63) is 52.4 Å². The van der Waals surface area contributed by atoms with Crippen molar-refractivity contribution in [1.29, 1.82) is 0 Å². The molecule has 0 atom stereocenters. The lowest BCUT2D eigenvalue weighted by Gasteiger charge is -2.08. The van der Waals surface area contributed by atoms with Crippen molar-refractivity contribution in [2.24, 2.45) is 0 Å². The van der Waals surface area contributed by atoms with E-state index in [0.717, 1.165) is 5.56 Å². The van der Waals surface area contributed by atoms with E-state index in [1.807, 2.05) is 6.92 Å². The van der Waals surface area contributed by atoms with Gasteiger partial charge < -0.3 is 19.4 Å². The van der Waals surface area contributed by atoms with E-state index in [2.05, 4.69) is 5.32 Å². The number of amides is 1. The van der Waals surface area contributed by atoms with Crippen LogP contribution < -0.4 is 20.3 Å². The number of nitrogens with one attached hydrogen (secondary N) is 1. The van der Waals surface area contributed by atoms with Crippen LogP contribution in [-0.2, 0) is 11.3 Å². The summed E-state index contributed by atoms with van der Waals surface area (Å²) in [7, 11) is 0. The standard InChI is InChI=1S/C15H14N2O4/c1-10-2-5-15(19)17(7-10)8-14(18)16-11-3-4-12-13(6-11)21-9-20-12/h2-7H,8-9H2,1H3,(H,16,18). The third kappa shape index (κ3) is 2.89. The van der Waals surface area contributed by atoms with Crippen LogP contribution >= 0.6 is 0 Å². The van der Waals surface area contributed by atoms with Crippen LogP contribution in [0.5, 0.6) is 11.5 Å². The Labute approximate surface area is 120 Å². The van der Waals surface area contributed by atoms with Crippen LogP contribution in [0, 0.1) is 6.92 Å². The number of rotatable bonds is 3. The predicted octanol–water partition coefficient (Wildman–Crippen LogP) is 1.52. The van der Waals surface area contributed by atoms with E-state index in [1.165, 1.54) is 10.6 Å². The van der Waals surface area contributed by atoms with Crippen molar-refractivity contribution >= 4 is 11.6 Å². The fourth-order valence-corrected chi connectivity index (χ4v) is 2.10. The maximum absolute atomic E-state index is 12.0. The van der Waals surface area contributed by atoms with E-state index >= 15 is 0 Å². The van der Waals surface area contributed by atoms with Gasteiger partial charge in [-0.1, -0.05) is 6.07 Å². The Morgan fingerprint density at radius 2 is 2.05 bits per heavy atom. The minimum atomic E-state index is -0.276. The minimum Gasteiger partial charge on any atom is -0.454 e. The van der Waals surface area contributed by atoms with Crippen molar-refractivity contribution in [2.45, 2.75) is 13.5 Å². The molecule has 0 fully saturated rings. The van der Waals surface area contributed by atoms with Gasteiger partial charge in [-0.3, -0.25) is 9.59 Å². The molecule has 0 aliphatic carbocycles. The maximum Gasteiger partial charge on any atom is 0.251 e. The maximum atomic E-state index is 12.0. The number of benzene rings is 1. The summed E-state index contributed by atoms with van der Waals surface area (Å²) in [6, 6.07) is 8.32. The van der Waals surface area contributed by atoms with E-state index < -0.39 is 0 Å². The molecule has 0 unspecified atom stereocenters. The number of carbonyl (C=O) groups is 1. The lowest BCUT2D eigenvalue weighted by Crippen LogP contribution is -2.26. The van der Waals surface area contributed by atoms with Crippen LogP contribution in [0.1, 0.15) is 5.56 Å². The average Bonchev–Trinajstić information content (AvgIpc) is 2.90. The van der Waals surface area contributed by atoms with Crippen molar-refractivity contribution in [2.75, 3.05) is 12.1 Å². The van der Waals surface area contributed by atoms with Gasteiger partial charge in [0.25, 0.3) is 5.56 Å². The number of pyridine rings is 1. The molecule has 0 spiro atoms. The molecule has 2 aromatic rings. The van der Waals surface area contributed by atoms with Crippen LogP contribution in [0.4, 0.5) is 5.69 Å². The van der Waals surface area contributed by atoms with Gasteiger partial charge >= 0.3 is 0 Å². The molecule has 0 bridgehead atoms. The number of fused-ring (bicyclic) bond motifs is 1. The third-order valence-electron chi connectivity index (χ3n) is 3.10. The van der Waals surface area contributed by atoms with Gasteiger partial charge in [0, 0.05) is 24.0 Å². The number of aryl methyl sites for hydroxylation is 1. The molecule has 2 heterocycles. The Hall–Kier alpha value is -2.76. The molecule has 1 aliphatic rings. The zero-order valence-corrected chi connectivity index (χ0v) is 11.5. The summed E-state index contributed by atoms with van der Waals surface area (Å²) in [5.41, 5.74) is 1.32. The van der Waals surface area contributed by atoms with Crippen LogP contribution in [0.2, 0.25) is 0 Å². The summed E-state index contributed by atoms with van der Waals surface area (Å²) >= 11 is 0. The molecule has 3 rings (SSSR count). The Bertz CT molecular complexity index is 752. The number of carbonyl (C=O) groups excluding carboxylic acids is 1. The van der Waals surface area contributed by atoms with Gasteiger partial charge in [-0.25, -0.2) is 0 Å². The number of anilines is 1. The minimum absolute atomic E-state index is 0.0328. The summed E-state index contributed by atoms with van der Waals surface area (Å²) in [6.07, 6.45) is 1.65. The summed E-state index contributed by atoms with van der Waals surface area (Å²) in [5.74, 6) is 0.977. The molecule has 1 aromatic carbocycles. The summed E-state index contributed by atoms with van der Waals surface area (Å²) < 4.78 is 11.8. The van der Waals surface area contributed by atoms with Gasteiger partial charge in [0.05, 0.1) is 0 Å². The van der Waals surface area contributed by atoms with E-state index in [-0.39, 0.29) is 24.8 Å². The summed E-state index contributed by atoms with van der Waals surface area (Å²) in [4.78, 5) is 23.7. The van der Waals surface area contributed by atoms with E-state index in [0.29, 0.717) is 17.2 Å². The van der Waals surface area contributed by atoms with E-state index in [9.17, 15) is 9.59 Å². The molecule has 6 nitrogen and oxygen atoms in total. The average molecular weight is 286 g/mol. The molecule has 108 valence electrons. The van der Waals surface area contributed by atoms with Crippen molar-refractivity contribution in [3.63, 3.8) is 0 Å². The van der Waals surface area contributed by atoms with Gasteiger partial charge in [-0.2, -0.15) is 0 Å². The third-order valence-corrected chi connectivity index (χ3v) is 3.10. The number of aromatic nitrogens is 1. The van der Waals surface area contributed by atoms with Gasteiger partial charge in [-0.05, 0) is 24.6 Å². The number of hydrogen-bond acceptors (Lipinski definition) is 4. The smallest absolute Gasteiger partial charge is 0.251 e. The summed E-state index contributed by atoms with van der Waals surface area (Å²) in [5, 5.41) is 2.73. The fourth-order valence-electron chi connectivity index (χ4n) is 2.10. The Kier molecular flexibility index (Phi) is 3.35. The number of hydrogen-bond donors (Lipinski definition) is 1. The predicted molar refractivity (Wildman–Crippen MR) is 76.6 cm³/mol. The summed E-state index contributed by atoms with van der Waals surface area (Å²) in [6.45, 7) is 2.02. The lowest BCUT2D eigenvalue weighted by atomic mass is 10.2. The largest absolute Gasteiger partial charge is 0.454 e. The highest BCUT2D eigenvalue weighted by Crippen LogP contribution is 2.34. The molecule has 0 radical (unpaired) electrons. The first-order valence-electron chi connectivity index (χ1n) is 6.48. The highest BCUT2D eigenvalue weighted by molar-refractivity contribution is 5.91. The first-order chi connectivity index (χ1) is 10.1. The normalized spacial score (nSPS) is 12.2. The molecule has 6 heteroatoms. The molecule has 1 aromatic heterocycles. The van der Waals surface area contributed by atoms with Gasteiger partial charge in [0.2, 0.25) is 12.7 Å². The molecule has 1 N–H and O–H groups in total. The highest BCUT2D eigenvalue weighted by Gasteiger charge is 2.14. The lowest BCUT2D eigenvalue weighted by molar-refractivity contribution is -0.116. The van der Waals surface area contributed by atoms with E-state index in [4.69, 9.17) is 9.47 Å². The van der Waals surface area contributed by atoms with Gasteiger partial charge in [0.15, 0.2) is 11.5 Å². The number of ether oxygens (including phenoxy) is 2. The van der Waals surface area contributed by atoms with Crippen molar-refractivity contribution in [1.82, 2.24) is 4.57 Å². The molecular formula is C15H14N2O4. The van der Waals surface area contributed by atoms with Gasteiger partial charge in [0.1, 0.15) is 6.54 Å². The Balaban J connectivity index is 1.72. The first-order valence-corrected chi connectivity index (χ1v) is 6.48. The first kappa shape index (κ1) is 13.2. The molecule has 0 saturated heterocycles. The Morgan fingerprint density at radius 1 is 1.24 bits per heavy atom. The van der Waals surface area contributed by atoms with Crippen LogP contribution in [-0.4, -0.2) is 17.3 Å². The van der Waals surface area contributed by atoms with Crippen LogP contribution in [0.15, 0.2) is 41.3 Å². The van der Waals surface area contributed by atoms with Crippen molar-refractivity contribution < 1.29 is 14.3 Å². The molecule has 21 heavy (non-hydrogen) atoms. The quantitative estimate of drug-likeness (QED) is 0.929. The second-order valence-corrected chi connectivity index (χ2v) is 4.79. The van der Waals surface area contributed by atoms with Crippen LogP contribution in [0.3, 0.4) is 0 Å². The van der Waals surface area contributed by atoms with Gasteiger partial charge in [-0.15, -0.1) is 0 Å². The zero-order chi connectivity index (χ0) is 14.8. The molecular weight excluding hydrogens is 272 g/mol. The molecule has 1 amide bonds. The SMILES string of the molecule is Cc1ccc(=O)n(CC(=O)Nc2ccc3c(c2)OCO3)c1. The second-order valence-electron chi connectivity index (χ2n) is 4.79. The topological polar surface area (TPSA) is 69.6 Å². The Morgan fingerprint density at radius 3 is 2.90 bits per heavy atom.